The van der Waals surface area contributed by atoms with E-state index in [0.29, 0.717) is 0 Å². The predicted octanol–water partition coefficient (Wildman–Crippen LogP) is 2.77. The van der Waals surface area contributed by atoms with Gasteiger partial charge in [-0.2, -0.15) is 39.5 Å². The first-order valence-electron chi connectivity index (χ1n) is 5.48. The van der Waals surface area contributed by atoms with Crippen LogP contribution >= 0.6 is 0 Å². The second-order valence-corrected chi connectivity index (χ2v) is 5.62. The summed E-state index contributed by atoms with van der Waals surface area (Å²) in [6.07, 6.45) is -3.31. The maximum Gasteiger partial charge on any atom is 0.460 e. The largest absolute Gasteiger partial charge is 0.743 e. The first kappa shape index (κ1) is 22.4. The molecule has 1 heterocycles. The second kappa shape index (κ2) is 6.74. The van der Waals surface area contributed by atoms with Crippen LogP contribution in [0.3, 0.4) is 0 Å². The minimum atomic E-state index is -7.43. The van der Waals surface area contributed by atoms with Crippen molar-refractivity contribution in [2.45, 2.75) is 30.2 Å². The van der Waals surface area contributed by atoms with Gasteiger partial charge in [0.2, 0.25) is 0 Å². The maximum absolute atomic E-state index is 12.2. The van der Waals surface area contributed by atoms with Crippen molar-refractivity contribution in [3.63, 3.8) is 0 Å². The van der Waals surface area contributed by atoms with Crippen molar-refractivity contribution in [3.05, 3.63) is 30.1 Å². The molecule has 4 nitrogen and oxygen atoms in total. The Hall–Kier alpha value is -1.57. The van der Waals surface area contributed by atoms with Gasteiger partial charge in [0.1, 0.15) is 0 Å². The first-order valence-corrected chi connectivity index (χ1v) is 6.88. The highest BCUT2D eigenvalue weighted by Crippen LogP contribution is 2.54. The number of halogens is 9. The summed E-state index contributed by atoms with van der Waals surface area (Å²) >= 11 is 0. The zero-order valence-electron chi connectivity index (χ0n) is 11.3. The Bertz CT molecular complexity index is 643. The maximum atomic E-state index is 12.2. The van der Waals surface area contributed by atoms with Gasteiger partial charge in [-0.15, -0.1) is 0 Å². The van der Waals surface area contributed by atoms with Gasteiger partial charge in [-0.05, 0) is 13.0 Å². The molecule has 0 amide bonds. The smallest absolute Gasteiger partial charge is 0.460 e. The summed E-state index contributed by atoms with van der Waals surface area (Å²) in [7, 11) is -7.42. The molecular formula is C10H8F9NO3S. The number of nitrogens with one attached hydrogen (secondary N) is 1. The molecule has 0 bridgehead atoms. The molecule has 140 valence electrons. The molecule has 0 saturated heterocycles. The van der Waals surface area contributed by atoms with Crippen molar-refractivity contribution in [2.75, 3.05) is 0 Å². The Kier molecular flexibility index (Phi) is 6.30. The van der Waals surface area contributed by atoms with Crippen molar-refractivity contribution >= 4 is 10.1 Å². The molecule has 1 rings (SSSR count). The first-order chi connectivity index (χ1) is 10.4. The van der Waals surface area contributed by atoms with Gasteiger partial charge in [0, 0.05) is 11.6 Å². The molecule has 24 heavy (non-hydrogen) atoms. The summed E-state index contributed by atoms with van der Waals surface area (Å²) in [5, 5.41) is -7.11. The Morgan fingerprint density at radius 3 is 1.62 bits per heavy atom. The molecule has 0 radical (unpaired) electrons. The van der Waals surface area contributed by atoms with Crippen molar-refractivity contribution in [1.82, 2.24) is 0 Å². The number of aromatic amines is 1. The average molecular weight is 393 g/mol. The molecule has 1 aromatic heterocycles. The summed E-state index contributed by atoms with van der Waals surface area (Å²) < 4.78 is 135. The van der Waals surface area contributed by atoms with Crippen LogP contribution in [0.25, 0.3) is 0 Å². The number of aromatic nitrogens is 1. The monoisotopic (exact) mass is 393 g/mol. The average Bonchev–Trinajstić information content (AvgIpc) is 2.37. The van der Waals surface area contributed by atoms with Gasteiger partial charge in [-0.25, -0.2) is 13.4 Å². The van der Waals surface area contributed by atoms with Gasteiger partial charge in [0.05, 0.1) is 0 Å². The quantitative estimate of drug-likeness (QED) is 0.586. The van der Waals surface area contributed by atoms with Gasteiger partial charge in [0.15, 0.2) is 22.5 Å². The van der Waals surface area contributed by atoms with Crippen molar-refractivity contribution in [1.29, 1.82) is 0 Å². The summed E-state index contributed by atoms with van der Waals surface area (Å²) in [4.78, 5) is 2.96. The van der Waals surface area contributed by atoms with E-state index in [1.807, 2.05) is 18.5 Å². The van der Waals surface area contributed by atoms with E-state index in [1.165, 1.54) is 5.56 Å². The van der Waals surface area contributed by atoms with Crippen LogP contribution in [-0.2, 0) is 10.1 Å². The normalized spacial score (nSPS) is 14.0. The third-order valence-electron chi connectivity index (χ3n) is 2.29. The van der Waals surface area contributed by atoms with Crippen molar-refractivity contribution in [2.24, 2.45) is 0 Å². The molecule has 0 atom stereocenters. The lowest BCUT2D eigenvalue weighted by Gasteiger charge is -2.34. The molecular weight excluding hydrogens is 385 g/mol. The van der Waals surface area contributed by atoms with Crippen LogP contribution in [0.2, 0.25) is 0 Å². The minimum absolute atomic E-state index is 1.27. The second-order valence-electron chi connectivity index (χ2n) is 4.20. The highest BCUT2D eigenvalue weighted by Gasteiger charge is 2.83. The van der Waals surface area contributed by atoms with Crippen LogP contribution in [0.5, 0.6) is 0 Å². The summed E-state index contributed by atoms with van der Waals surface area (Å²) in [5.41, 5.74) is 1.27. The molecule has 0 aromatic carbocycles. The van der Waals surface area contributed by atoms with Crippen LogP contribution in [0, 0.1) is 6.92 Å². The number of aryl methyl sites for hydroxylation is 1. The molecule has 0 aliphatic heterocycles. The highest BCUT2D eigenvalue weighted by atomic mass is 32.2. The lowest BCUT2D eigenvalue weighted by Crippen LogP contribution is -2.63. The highest BCUT2D eigenvalue weighted by molar-refractivity contribution is 7.86. The lowest BCUT2D eigenvalue weighted by molar-refractivity contribution is -0.382. The molecule has 14 heteroatoms. The van der Waals surface area contributed by atoms with Crippen LogP contribution < -0.4 is 4.98 Å². The van der Waals surface area contributed by atoms with E-state index in [9.17, 15) is 52.5 Å². The van der Waals surface area contributed by atoms with Gasteiger partial charge >= 0.3 is 23.3 Å². The summed E-state index contributed by atoms with van der Waals surface area (Å²) in [6.45, 7) is 2.05. The van der Waals surface area contributed by atoms with E-state index in [-0.39, 0.29) is 0 Å². The van der Waals surface area contributed by atoms with Gasteiger partial charge in [-0.1, -0.05) is 0 Å². The van der Waals surface area contributed by atoms with Crippen LogP contribution in [0.15, 0.2) is 24.5 Å². The minimum Gasteiger partial charge on any atom is -0.743 e. The van der Waals surface area contributed by atoms with E-state index >= 15 is 0 Å². The number of H-pyrrole nitrogens is 1. The summed E-state index contributed by atoms with van der Waals surface area (Å²) in [5.74, 6) is -14.8. The van der Waals surface area contributed by atoms with E-state index in [1.54, 1.807) is 0 Å². The summed E-state index contributed by atoms with van der Waals surface area (Å²) in [6, 6.07) is 4.03. The van der Waals surface area contributed by atoms with Gasteiger partial charge in [0.25, 0.3) is 0 Å². The Labute approximate surface area is 129 Å². The number of pyridine rings is 1. The molecule has 0 unspecified atom stereocenters. The van der Waals surface area contributed by atoms with Gasteiger partial charge < -0.3 is 4.55 Å². The number of hydrogen-bond acceptors (Lipinski definition) is 3. The Morgan fingerprint density at radius 1 is 0.958 bits per heavy atom. The number of rotatable bonds is 3. The molecule has 0 spiro atoms. The van der Waals surface area contributed by atoms with Crippen molar-refractivity contribution < 1.29 is 57.5 Å². The third-order valence-corrected chi connectivity index (χ3v) is 3.18. The molecule has 1 aromatic rings. The zero-order chi connectivity index (χ0) is 19.6. The third kappa shape index (κ3) is 4.28. The number of alkyl halides is 9. The fraction of sp³-hybridized carbons (Fsp3) is 0.500. The van der Waals surface area contributed by atoms with E-state index < -0.39 is 33.4 Å². The Morgan fingerprint density at radius 2 is 1.42 bits per heavy atom. The molecule has 1 N–H and O–H groups in total. The molecule has 0 aliphatic carbocycles. The van der Waals surface area contributed by atoms with Crippen LogP contribution in [0.1, 0.15) is 5.56 Å². The van der Waals surface area contributed by atoms with Crippen LogP contribution in [0.4, 0.5) is 39.5 Å². The van der Waals surface area contributed by atoms with Crippen LogP contribution in [-0.4, -0.2) is 36.2 Å². The standard InChI is InChI=1S/C6H7N.C4HF9O3S/c1-6-3-2-4-7-5-6;5-1(6,3(9,10)11)2(7,8)4(12,13)17(14,15)16/h2-5H,1H3;(H,14,15,16). The van der Waals surface area contributed by atoms with Crippen molar-refractivity contribution in [3.8, 4) is 0 Å². The SMILES string of the molecule is Cc1ccc[nH+]c1.O=S(=O)([O-])C(F)(F)C(F)(F)C(F)(F)C(F)(F)F. The predicted molar refractivity (Wildman–Crippen MR) is 58.3 cm³/mol. The Balaban J connectivity index is 0.000000620. The van der Waals surface area contributed by atoms with E-state index in [4.69, 9.17) is 0 Å². The molecule has 0 fully saturated rings. The topological polar surface area (TPSA) is 71.3 Å². The fourth-order valence-corrected chi connectivity index (χ4v) is 1.44. The van der Waals surface area contributed by atoms with Gasteiger partial charge in [-0.3, -0.25) is 0 Å². The number of hydrogen-bond donors (Lipinski definition) is 0. The molecule has 0 aliphatic rings. The van der Waals surface area contributed by atoms with E-state index in [0.717, 1.165) is 0 Å². The van der Waals surface area contributed by atoms with E-state index in [2.05, 4.69) is 18.0 Å². The molecule has 0 saturated carbocycles. The lowest BCUT2D eigenvalue weighted by atomic mass is 10.1. The fourth-order valence-electron chi connectivity index (χ4n) is 1.00. The zero-order valence-corrected chi connectivity index (χ0v) is 12.2.